The fourth-order valence-electron chi connectivity index (χ4n) is 12.0. The highest BCUT2D eigenvalue weighted by Crippen LogP contribution is 2.55. The number of aromatic carboxylic acids is 1. The first-order chi connectivity index (χ1) is 44.7. The third-order valence-electron chi connectivity index (χ3n) is 17.7. The van der Waals surface area contributed by atoms with Crippen molar-refractivity contribution in [1.82, 2.24) is 5.32 Å². The molecule has 0 aromatic heterocycles. The van der Waals surface area contributed by atoms with Crippen molar-refractivity contribution in [3.8, 4) is 0 Å². The van der Waals surface area contributed by atoms with Crippen molar-refractivity contribution in [1.29, 1.82) is 0 Å². The number of unbranched alkanes of at least 4 members (excludes halogenated alkanes) is 6. The van der Waals surface area contributed by atoms with Gasteiger partial charge in [-0.3, -0.25) is 4.79 Å². The van der Waals surface area contributed by atoms with Crippen LogP contribution in [0.2, 0.25) is 0 Å². The molecule has 1 amide bonds. The van der Waals surface area contributed by atoms with Crippen LogP contribution in [0.15, 0.2) is 36.4 Å². The molecule has 12 nitrogen and oxygen atoms in total. The van der Waals surface area contributed by atoms with Gasteiger partial charge in [0.25, 0.3) is 0 Å². The van der Waals surface area contributed by atoms with Gasteiger partial charge in [-0.2, -0.15) is 70.2 Å². The van der Waals surface area contributed by atoms with Gasteiger partial charge in [-0.15, -0.1) is 0 Å². The van der Waals surface area contributed by atoms with E-state index in [2.05, 4.69) is 48.6 Å². The number of carboxylic acids is 1. The maximum atomic E-state index is 15.1. The van der Waals surface area contributed by atoms with Gasteiger partial charge < -0.3 is 48.3 Å². The Balaban J connectivity index is 1.45. The van der Waals surface area contributed by atoms with Gasteiger partial charge in [-0.1, -0.05) is 132 Å². The quantitative estimate of drug-likeness (QED) is 0.0483. The van der Waals surface area contributed by atoms with E-state index in [0.29, 0.717) is 75.3 Å². The van der Waals surface area contributed by atoms with Crippen molar-refractivity contribution >= 4 is 11.9 Å². The second-order valence-electron chi connectivity index (χ2n) is 26.7. The van der Waals surface area contributed by atoms with E-state index in [-0.39, 0.29) is 36.2 Å². The Morgan fingerprint density at radius 3 is 1.39 bits per heavy atom. The molecule has 1 saturated heterocycles. The molecule has 0 radical (unpaired) electrons. The summed E-state index contributed by atoms with van der Waals surface area (Å²) in [5, 5.41) is 12.2. The van der Waals surface area contributed by atoms with Gasteiger partial charge in [0.2, 0.25) is 11.7 Å². The summed E-state index contributed by atoms with van der Waals surface area (Å²) < 4.78 is 282. The fourth-order valence-corrected chi connectivity index (χ4v) is 12.0. The number of amides is 1. The van der Waals surface area contributed by atoms with Gasteiger partial charge in [-0.25, -0.2) is 4.79 Å². The molecule has 4 rings (SSSR count). The van der Waals surface area contributed by atoms with Crippen LogP contribution in [0, 0.1) is 11.8 Å². The Morgan fingerprint density at radius 1 is 0.521 bits per heavy atom. The third kappa shape index (κ3) is 21.7. The maximum Gasteiger partial charge on any atom is 0.380 e. The fraction of sp³-hybridized carbons (Fsp3) is 0.794. The van der Waals surface area contributed by atoms with Gasteiger partial charge in [0.1, 0.15) is 39.1 Å². The number of aryl methyl sites for hydroxylation is 1. The molecule has 0 spiro atoms. The summed E-state index contributed by atoms with van der Waals surface area (Å²) in [5.41, 5.74) is 3.79. The zero-order valence-corrected chi connectivity index (χ0v) is 56.4. The van der Waals surface area contributed by atoms with Crippen LogP contribution in [-0.2, 0) is 65.7 Å². The predicted octanol–water partition coefficient (Wildman–Crippen LogP) is 17.4. The molecule has 28 heteroatoms. The normalized spacial score (nSPS) is 17.3. The number of hydrogen-bond acceptors (Lipinski definition) is 10. The molecule has 2 N–H and O–H groups in total. The van der Waals surface area contributed by atoms with Crippen molar-refractivity contribution < 1.29 is 123 Å². The Morgan fingerprint density at radius 2 is 0.958 bits per heavy atom. The summed E-state index contributed by atoms with van der Waals surface area (Å²) >= 11 is 0. The van der Waals surface area contributed by atoms with E-state index in [1.165, 1.54) is 12.1 Å². The molecule has 2 aromatic rings. The number of carbonyl (C=O) groups excluding carboxylic acids is 1. The maximum absolute atomic E-state index is 15.1. The number of benzene rings is 2. The summed E-state index contributed by atoms with van der Waals surface area (Å²) in [6, 6.07) is 10.2. The number of hydrogen-bond donors (Lipinski definition) is 2. The lowest BCUT2D eigenvalue weighted by Gasteiger charge is -2.44. The molecule has 554 valence electrons. The van der Waals surface area contributed by atoms with Crippen molar-refractivity contribution in [3.63, 3.8) is 0 Å². The summed E-state index contributed by atoms with van der Waals surface area (Å²) in [6.45, 7) is -0.544. The van der Waals surface area contributed by atoms with Gasteiger partial charge in [0.05, 0.1) is 45.2 Å². The van der Waals surface area contributed by atoms with Gasteiger partial charge in [0.15, 0.2) is 0 Å². The highest BCUT2D eigenvalue weighted by Gasteiger charge is 2.81. The second-order valence-corrected chi connectivity index (χ2v) is 26.7. The number of carbonyl (C=O) groups is 2. The minimum Gasteiger partial charge on any atom is -0.478 e. The van der Waals surface area contributed by atoms with E-state index >= 15 is 35.1 Å². The molecular formula is C68H99F16NO11. The number of carboxylic acid groups (broad SMARTS) is 1. The predicted molar refractivity (Wildman–Crippen MR) is 327 cm³/mol. The van der Waals surface area contributed by atoms with E-state index in [4.69, 9.17) is 28.4 Å². The summed E-state index contributed by atoms with van der Waals surface area (Å²) in [5.74, 6) is -55.6. The van der Waals surface area contributed by atoms with E-state index in [1.807, 2.05) is 19.9 Å². The van der Waals surface area contributed by atoms with Crippen LogP contribution >= 0.6 is 0 Å². The number of nitrogens with one attached hydrogen (secondary N) is 1. The van der Waals surface area contributed by atoms with Crippen LogP contribution in [0.5, 0.6) is 0 Å². The molecule has 96 heavy (non-hydrogen) atoms. The highest BCUT2D eigenvalue weighted by atomic mass is 19.4. The molecule has 2 aliphatic rings. The van der Waals surface area contributed by atoms with Crippen LogP contribution < -0.4 is 5.32 Å². The highest BCUT2D eigenvalue weighted by molar-refractivity contribution is 5.87. The van der Waals surface area contributed by atoms with Crippen molar-refractivity contribution in [3.05, 3.63) is 69.8 Å². The van der Waals surface area contributed by atoms with E-state index < -0.39 is 156 Å². The lowest BCUT2D eigenvalue weighted by Crippen LogP contribution is -2.64. The second kappa shape index (κ2) is 36.5. The SMILES string of the molecule is CCCCCCC(CCC)COCC(F)(F)C(F)(F)C(F)(F)C(F)(F)COCC(COCC(F)(F)C(F)(F)C(F)(F)C(F)(F)COCC(CCC)CCCCCC)OCCOCC(=O)NCCCc1cc(C2(c3ccc(C(=O)O)cc3)OCCO2)cc2c1C(C)(C)CCC2(C)C. The summed E-state index contributed by atoms with van der Waals surface area (Å²) in [4.78, 5) is 24.7. The number of rotatable bonds is 49. The minimum atomic E-state index is -6.89. The Bertz CT molecular complexity index is 2580. The summed E-state index contributed by atoms with van der Waals surface area (Å²) in [7, 11) is 0. The van der Waals surface area contributed by atoms with Crippen molar-refractivity contribution in [2.24, 2.45) is 11.8 Å². The van der Waals surface area contributed by atoms with Crippen LogP contribution in [0.1, 0.15) is 203 Å². The minimum absolute atomic E-state index is 0.0614. The number of fused-ring (bicyclic) bond motifs is 1. The van der Waals surface area contributed by atoms with Crippen LogP contribution in [0.4, 0.5) is 70.2 Å². The zero-order chi connectivity index (χ0) is 72.1. The average Bonchev–Trinajstić information content (AvgIpc) is 0.950. The number of ether oxygens (including phenoxy) is 8. The molecule has 1 heterocycles. The lowest BCUT2D eigenvalue weighted by molar-refractivity contribution is -0.378. The molecule has 1 aliphatic heterocycles. The molecule has 0 saturated carbocycles. The lowest BCUT2D eigenvalue weighted by atomic mass is 9.61. The average molecular weight is 1410 g/mol. The van der Waals surface area contributed by atoms with Gasteiger partial charge in [0, 0.05) is 30.9 Å². The van der Waals surface area contributed by atoms with E-state index in [0.717, 1.165) is 68.1 Å². The van der Waals surface area contributed by atoms with Crippen LogP contribution in [0.25, 0.3) is 0 Å². The molecule has 1 aliphatic carbocycles. The third-order valence-corrected chi connectivity index (χ3v) is 17.7. The Labute approximate surface area is 553 Å². The topological polar surface area (TPSA) is 140 Å². The van der Waals surface area contributed by atoms with Crippen molar-refractivity contribution in [2.75, 3.05) is 92.4 Å². The number of alkyl halides is 16. The largest absolute Gasteiger partial charge is 0.478 e. The van der Waals surface area contributed by atoms with Crippen molar-refractivity contribution in [2.45, 2.75) is 241 Å². The smallest absolute Gasteiger partial charge is 0.380 e. The Kier molecular flexibility index (Phi) is 32.1. The van der Waals surface area contributed by atoms with Crippen LogP contribution in [0.3, 0.4) is 0 Å². The zero-order valence-electron chi connectivity index (χ0n) is 56.4. The monoisotopic (exact) mass is 1410 g/mol. The van der Waals surface area contributed by atoms with Gasteiger partial charge in [-0.05, 0) is 115 Å². The van der Waals surface area contributed by atoms with E-state index in [1.54, 1.807) is 26.0 Å². The molecule has 1 fully saturated rings. The number of halogens is 16. The molecule has 2 unspecified atom stereocenters. The standard InChI is InChI=1S/C68H99F16NO11/c1-9-13-15-17-22-47(20-11-3)38-90-43-60(69,70)65(77,78)67(81,82)62(73,74)45-92-40-53(41-93-46-63(75,76)68(83,84)66(79,80)61(71,72)44-91-39-48(21-12-4)23-18-16-14-10-2)94-33-32-89-42-55(86)85-31-19-24-50-36-52(37-54-56(50)59(7,8)30-29-58(54,5)6)64(95-34-35-96-64)51-27-25-49(26-28-51)57(87)88/h25-28,36-37,47-48,53H,9-24,29-35,38-46H2,1-8H3,(H,85,86)(H,87,88). The first-order valence-electron chi connectivity index (χ1n) is 33.3. The molecule has 2 atom stereocenters. The van der Waals surface area contributed by atoms with Gasteiger partial charge >= 0.3 is 53.3 Å². The first-order valence-corrected chi connectivity index (χ1v) is 33.3. The molecule has 0 bridgehead atoms. The first kappa shape index (κ1) is 84.4. The van der Waals surface area contributed by atoms with Crippen LogP contribution in [-0.4, -0.2) is 163 Å². The molecule has 2 aromatic carbocycles. The summed E-state index contributed by atoms with van der Waals surface area (Å²) in [6.07, 6.45) is 9.12. The van der Waals surface area contributed by atoms with E-state index in [9.17, 15) is 49.8 Å². The molecular weight excluding hydrogens is 1310 g/mol. The Hall–Kier alpha value is -4.06.